The van der Waals surface area contributed by atoms with Gasteiger partial charge in [-0.1, -0.05) is 11.6 Å². The Balaban J connectivity index is 1.57. The normalized spacial score (nSPS) is 14.4. The molecular weight excluding hydrogens is 368 g/mol. The Morgan fingerprint density at radius 3 is 2.67 bits per heavy atom. The molecule has 6 nitrogen and oxygen atoms in total. The molecule has 0 unspecified atom stereocenters. The summed E-state index contributed by atoms with van der Waals surface area (Å²) in [4.78, 5) is 18.3. The molecule has 2 aromatic carbocycles. The zero-order valence-electron chi connectivity index (χ0n) is 15.1. The van der Waals surface area contributed by atoms with Crippen LogP contribution in [-0.2, 0) is 9.53 Å². The van der Waals surface area contributed by atoms with Crippen LogP contribution in [-0.4, -0.2) is 57.0 Å². The minimum absolute atomic E-state index is 0.0210. The Kier molecular flexibility index (Phi) is 6.68. The Morgan fingerprint density at radius 2 is 1.96 bits per heavy atom. The van der Waals surface area contributed by atoms with Crippen LogP contribution in [0.2, 0.25) is 5.02 Å². The molecule has 7 heteroatoms. The van der Waals surface area contributed by atoms with Crippen LogP contribution in [0.15, 0.2) is 47.5 Å². The molecule has 1 aliphatic rings. The van der Waals surface area contributed by atoms with Gasteiger partial charge in [-0.3, -0.25) is 9.79 Å². The Hall–Kier alpha value is -2.57. The molecule has 1 fully saturated rings. The lowest BCUT2D eigenvalue weighted by Gasteiger charge is -2.26. The van der Waals surface area contributed by atoms with Gasteiger partial charge in [-0.05, 0) is 48.0 Å². The minimum atomic E-state index is -0.0306. The van der Waals surface area contributed by atoms with Crippen molar-refractivity contribution in [3.05, 3.63) is 53.1 Å². The van der Waals surface area contributed by atoms with Gasteiger partial charge in [-0.25, -0.2) is 0 Å². The van der Waals surface area contributed by atoms with Gasteiger partial charge in [0.05, 0.1) is 20.3 Å². The second kappa shape index (κ2) is 9.39. The van der Waals surface area contributed by atoms with Crippen LogP contribution in [0, 0.1) is 0 Å². The zero-order valence-corrected chi connectivity index (χ0v) is 15.8. The van der Waals surface area contributed by atoms with Crippen LogP contribution < -0.4 is 9.47 Å². The molecule has 0 N–H and O–H groups in total. The van der Waals surface area contributed by atoms with Crippen molar-refractivity contribution in [2.75, 3.05) is 40.0 Å². The van der Waals surface area contributed by atoms with Crippen molar-refractivity contribution in [3.8, 4) is 11.5 Å². The molecule has 0 saturated carbocycles. The van der Waals surface area contributed by atoms with E-state index in [-0.39, 0.29) is 12.5 Å². The van der Waals surface area contributed by atoms with Gasteiger partial charge < -0.3 is 19.1 Å². The van der Waals surface area contributed by atoms with E-state index < -0.39 is 0 Å². The summed E-state index contributed by atoms with van der Waals surface area (Å²) < 4.78 is 16.1. The lowest BCUT2D eigenvalue weighted by atomic mass is 10.2. The zero-order chi connectivity index (χ0) is 19.1. The van der Waals surface area contributed by atoms with Gasteiger partial charge in [0.15, 0.2) is 6.61 Å². The highest BCUT2D eigenvalue weighted by Gasteiger charge is 2.17. The molecule has 0 aliphatic carbocycles. The molecule has 27 heavy (non-hydrogen) atoms. The Bertz CT molecular complexity index is 802. The van der Waals surface area contributed by atoms with Gasteiger partial charge in [0, 0.05) is 24.3 Å². The Labute approximate surface area is 163 Å². The molecule has 1 amide bonds. The highest BCUT2D eigenvalue weighted by molar-refractivity contribution is 6.30. The SMILES string of the molecule is COc1ccc(Cl)cc1N=Cc1ccc(OCC(=O)N2CCOCC2)cc1. The molecule has 0 atom stereocenters. The third-order valence-electron chi connectivity index (χ3n) is 4.10. The van der Waals surface area contributed by atoms with Gasteiger partial charge in [0.2, 0.25) is 0 Å². The largest absolute Gasteiger partial charge is 0.494 e. The average molecular weight is 389 g/mol. The highest BCUT2D eigenvalue weighted by Crippen LogP contribution is 2.30. The maximum Gasteiger partial charge on any atom is 0.260 e. The molecular formula is C20H21ClN2O4. The molecule has 3 rings (SSSR count). The van der Waals surface area contributed by atoms with E-state index in [0.29, 0.717) is 48.5 Å². The van der Waals surface area contributed by atoms with E-state index in [1.165, 1.54) is 0 Å². The lowest BCUT2D eigenvalue weighted by molar-refractivity contribution is -0.137. The molecule has 1 aliphatic heterocycles. The number of morpholine rings is 1. The van der Waals surface area contributed by atoms with Crippen molar-refractivity contribution < 1.29 is 19.0 Å². The first-order valence-corrected chi connectivity index (χ1v) is 8.99. The van der Waals surface area contributed by atoms with Crippen LogP contribution in [0.4, 0.5) is 5.69 Å². The van der Waals surface area contributed by atoms with Crippen molar-refractivity contribution in [1.82, 2.24) is 4.90 Å². The molecule has 1 heterocycles. The summed E-state index contributed by atoms with van der Waals surface area (Å²) in [7, 11) is 1.59. The van der Waals surface area contributed by atoms with Gasteiger partial charge in [-0.15, -0.1) is 0 Å². The number of methoxy groups -OCH3 is 1. The first-order valence-electron chi connectivity index (χ1n) is 8.62. The molecule has 0 radical (unpaired) electrons. The standard InChI is InChI=1S/C20H21ClN2O4/c1-25-19-7-4-16(21)12-18(19)22-13-15-2-5-17(6-3-15)27-14-20(24)23-8-10-26-11-9-23/h2-7,12-13H,8-11,14H2,1H3. The Morgan fingerprint density at radius 1 is 1.22 bits per heavy atom. The van der Waals surface area contributed by atoms with Gasteiger partial charge in [-0.2, -0.15) is 0 Å². The predicted octanol–water partition coefficient (Wildman–Crippen LogP) is 3.34. The van der Waals surface area contributed by atoms with Gasteiger partial charge in [0.1, 0.15) is 17.2 Å². The van der Waals surface area contributed by atoms with E-state index in [2.05, 4.69) is 4.99 Å². The lowest BCUT2D eigenvalue weighted by Crippen LogP contribution is -2.42. The van der Waals surface area contributed by atoms with Crippen LogP contribution in [0.5, 0.6) is 11.5 Å². The quantitative estimate of drug-likeness (QED) is 0.712. The summed E-state index contributed by atoms with van der Waals surface area (Å²) in [6, 6.07) is 12.6. The van der Waals surface area contributed by atoms with Gasteiger partial charge >= 0.3 is 0 Å². The van der Waals surface area contributed by atoms with Crippen molar-refractivity contribution in [3.63, 3.8) is 0 Å². The van der Waals surface area contributed by atoms with Crippen molar-refractivity contribution in [2.45, 2.75) is 0 Å². The first kappa shape index (κ1) is 19.2. The minimum Gasteiger partial charge on any atom is -0.494 e. The number of benzene rings is 2. The van der Waals surface area contributed by atoms with Crippen LogP contribution in [0.3, 0.4) is 0 Å². The second-order valence-corrected chi connectivity index (χ2v) is 6.36. The topological polar surface area (TPSA) is 60.4 Å². The number of hydrogen-bond acceptors (Lipinski definition) is 5. The average Bonchev–Trinajstić information content (AvgIpc) is 2.72. The number of halogens is 1. The number of aliphatic imine (C=N–C) groups is 1. The fourth-order valence-corrected chi connectivity index (χ4v) is 2.77. The third kappa shape index (κ3) is 5.45. The van der Waals surface area contributed by atoms with Crippen molar-refractivity contribution in [1.29, 1.82) is 0 Å². The summed E-state index contributed by atoms with van der Waals surface area (Å²) in [5.41, 5.74) is 1.55. The van der Waals surface area contributed by atoms with E-state index in [1.807, 2.05) is 24.3 Å². The summed E-state index contributed by atoms with van der Waals surface area (Å²) in [5.74, 6) is 1.25. The monoisotopic (exact) mass is 388 g/mol. The molecule has 0 bridgehead atoms. The fourth-order valence-electron chi connectivity index (χ4n) is 2.61. The highest BCUT2D eigenvalue weighted by atomic mass is 35.5. The van der Waals surface area contributed by atoms with Crippen LogP contribution >= 0.6 is 11.6 Å². The maximum absolute atomic E-state index is 12.1. The predicted molar refractivity (Wildman–Crippen MR) is 105 cm³/mol. The van der Waals surface area contributed by atoms with Crippen molar-refractivity contribution in [2.24, 2.45) is 4.99 Å². The number of carbonyl (C=O) groups is 1. The van der Waals surface area contributed by atoms with E-state index in [9.17, 15) is 4.79 Å². The number of nitrogens with zero attached hydrogens (tertiary/aromatic N) is 2. The summed E-state index contributed by atoms with van der Waals surface area (Å²) in [5, 5.41) is 0.594. The molecule has 0 spiro atoms. The third-order valence-corrected chi connectivity index (χ3v) is 4.33. The summed E-state index contributed by atoms with van der Waals surface area (Å²) >= 11 is 6.01. The second-order valence-electron chi connectivity index (χ2n) is 5.93. The van der Waals surface area contributed by atoms with E-state index in [1.54, 1.807) is 36.4 Å². The number of carbonyl (C=O) groups excluding carboxylic acids is 1. The number of hydrogen-bond donors (Lipinski definition) is 0. The number of amides is 1. The van der Waals surface area contributed by atoms with Gasteiger partial charge in [0.25, 0.3) is 5.91 Å². The number of rotatable bonds is 6. The summed E-state index contributed by atoms with van der Waals surface area (Å²) in [6.07, 6.45) is 1.72. The molecule has 1 saturated heterocycles. The van der Waals surface area contributed by atoms with Crippen LogP contribution in [0.25, 0.3) is 0 Å². The van der Waals surface area contributed by atoms with E-state index in [4.69, 9.17) is 25.8 Å². The fraction of sp³-hybridized carbons (Fsp3) is 0.300. The molecule has 2 aromatic rings. The van der Waals surface area contributed by atoms with Crippen LogP contribution in [0.1, 0.15) is 5.56 Å². The summed E-state index contributed by atoms with van der Waals surface area (Å²) in [6.45, 7) is 2.41. The van der Waals surface area contributed by atoms with Crippen molar-refractivity contribution >= 4 is 29.4 Å². The van der Waals surface area contributed by atoms with E-state index in [0.717, 1.165) is 5.56 Å². The smallest absolute Gasteiger partial charge is 0.260 e. The maximum atomic E-state index is 12.1. The number of ether oxygens (including phenoxy) is 3. The van der Waals surface area contributed by atoms with E-state index >= 15 is 0 Å². The molecule has 0 aromatic heterocycles. The first-order chi connectivity index (χ1) is 13.2. The molecule has 142 valence electrons.